The van der Waals surface area contributed by atoms with E-state index in [1.165, 1.54) is 29.2 Å². The lowest BCUT2D eigenvalue weighted by Crippen LogP contribution is -2.31. The molecular weight excluding hydrogens is 313 g/mol. The Morgan fingerprint density at radius 1 is 1.25 bits per heavy atom. The number of rotatable bonds is 5. The normalized spacial score (nSPS) is 10.4. The second kappa shape index (κ2) is 7.27. The summed E-state index contributed by atoms with van der Waals surface area (Å²) in [5, 5.41) is 15.9. The summed E-state index contributed by atoms with van der Waals surface area (Å²) in [5.41, 5.74) is 1.44. The molecular formula is C15H14FN7O. The molecule has 0 bridgehead atoms. The third kappa shape index (κ3) is 3.88. The van der Waals surface area contributed by atoms with Crippen LogP contribution in [0.25, 0.3) is 5.69 Å². The van der Waals surface area contributed by atoms with Crippen LogP contribution in [0.4, 0.5) is 14.9 Å². The molecule has 8 nitrogen and oxygen atoms in total. The first-order chi connectivity index (χ1) is 11.7. The lowest BCUT2D eigenvalue weighted by Gasteiger charge is -2.09. The van der Waals surface area contributed by atoms with Crippen LogP contribution in [0.2, 0.25) is 0 Å². The number of nitrogens with zero attached hydrogens (tertiary/aromatic N) is 5. The van der Waals surface area contributed by atoms with E-state index in [2.05, 4.69) is 31.1 Å². The molecule has 3 rings (SSSR count). The Morgan fingerprint density at radius 3 is 2.92 bits per heavy atom. The Labute approximate surface area is 136 Å². The molecule has 0 spiro atoms. The lowest BCUT2D eigenvalue weighted by molar-refractivity contribution is 0.252. The largest absolute Gasteiger partial charge is 0.337 e. The highest BCUT2D eigenvalue weighted by molar-refractivity contribution is 5.89. The molecule has 2 N–H and O–H groups in total. The summed E-state index contributed by atoms with van der Waals surface area (Å²) in [6.45, 7) is 0.386. The van der Waals surface area contributed by atoms with E-state index in [-0.39, 0.29) is 5.69 Å². The van der Waals surface area contributed by atoms with Crippen LogP contribution in [0.5, 0.6) is 0 Å². The van der Waals surface area contributed by atoms with Crippen molar-refractivity contribution in [2.24, 2.45) is 0 Å². The molecule has 0 fully saturated rings. The van der Waals surface area contributed by atoms with Crippen LogP contribution in [-0.4, -0.2) is 37.8 Å². The average molecular weight is 327 g/mol. The van der Waals surface area contributed by atoms with Crippen molar-refractivity contribution >= 4 is 11.7 Å². The zero-order valence-corrected chi connectivity index (χ0v) is 12.6. The standard InChI is InChI=1S/C15H14FN7O/c16-13-5-4-12(23-10-19-21-22-23)9-14(13)20-15(24)18-8-6-11-3-1-2-7-17-11/h1-5,7,9-10H,6,8H2,(H2,18,20,24). The van der Waals surface area contributed by atoms with E-state index in [1.54, 1.807) is 6.20 Å². The van der Waals surface area contributed by atoms with Gasteiger partial charge in [-0.15, -0.1) is 5.10 Å². The summed E-state index contributed by atoms with van der Waals surface area (Å²) < 4.78 is 15.2. The highest BCUT2D eigenvalue weighted by Crippen LogP contribution is 2.18. The van der Waals surface area contributed by atoms with Crippen LogP contribution < -0.4 is 10.6 Å². The molecule has 1 aromatic carbocycles. The zero-order chi connectivity index (χ0) is 16.8. The Morgan fingerprint density at radius 2 is 2.17 bits per heavy atom. The smallest absolute Gasteiger partial charge is 0.319 e. The second-order valence-electron chi connectivity index (χ2n) is 4.87. The molecule has 3 aromatic rings. The van der Waals surface area contributed by atoms with Crippen molar-refractivity contribution < 1.29 is 9.18 Å². The van der Waals surface area contributed by atoms with Crippen molar-refractivity contribution in [3.8, 4) is 5.69 Å². The van der Waals surface area contributed by atoms with E-state index in [1.807, 2.05) is 18.2 Å². The van der Waals surface area contributed by atoms with Gasteiger partial charge in [-0.1, -0.05) is 6.07 Å². The number of hydrogen-bond donors (Lipinski definition) is 2. The minimum Gasteiger partial charge on any atom is -0.337 e. The predicted molar refractivity (Wildman–Crippen MR) is 84.1 cm³/mol. The molecule has 2 aromatic heterocycles. The van der Waals surface area contributed by atoms with Gasteiger partial charge in [0.15, 0.2) is 0 Å². The van der Waals surface area contributed by atoms with Crippen molar-refractivity contribution in [2.75, 3.05) is 11.9 Å². The maximum absolute atomic E-state index is 13.8. The maximum Gasteiger partial charge on any atom is 0.319 e. The number of amides is 2. The van der Waals surface area contributed by atoms with E-state index < -0.39 is 11.8 Å². The van der Waals surface area contributed by atoms with E-state index in [9.17, 15) is 9.18 Å². The predicted octanol–water partition coefficient (Wildman–Crippen LogP) is 1.56. The molecule has 0 radical (unpaired) electrons. The number of tetrazole rings is 1. The van der Waals surface area contributed by atoms with Crippen LogP contribution in [-0.2, 0) is 6.42 Å². The van der Waals surface area contributed by atoms with Crippen LogP contribution >= 0.6 is 0 Å². The number of pyridine rings is 1. The molecule has 9 heteroatoms. The van der Waals surface area contributed by atoms with Crippen molar-refractivity contribution in [3.63, 3.8) is 0 Å². The van der Waals surface area contributed by atoms with Crippen molar-refractivity contribution in [3.05, 3.63) is 60.4 Å². The molecule has 0 aliphatic rings. The van der Waals surface area contributed by atoms with Crippen LogP contribution in [0, 0.1) is 5.82 Å². The zero-order valence-electron chi connectivity index (χ0n) is 12.6. The van der Waals surface area contributed by atoms with Crippen molar-refractivity contribution in [2.45, 2.75) is 6.42 Å². The van der Waals surface area contributed by atoms with Gasteiger partial charge >= 0.3 is 6.03 Å². The molecule has 0 saturated heterocycles. The molecule has 2 heterocycles. The summed E-state index contributed by atoms with van der Waals surface area (Å²) in [7, 11) is 0. The van der Waals surface area contributed by atoms with Crippen LogP contribution in [0.3, 0.4) is 0 Å². The molecule has 122 valence electrons. The molecule has 0 aliphatic carbocycles. The molecule has 2 amide bonds. The first kappa shape index (κ1) is 15.5. The van der Waals surface area contributed by atoms with Gasteiger partial charge in [0.25, 0.3) is 0 Å². The Bertz CT molecular complexity index is 808. The number of carbonyl (C=O) groups is 1. The third-order valence-electron chi connectivity index (χ3n) is 3.20. The van der Waals surface area contributed by atoms with E-state index in [0.29, 0.717) is 18.7 Å². The van der Waals surface area contributed by atoms with E-state index in [0.717, 1.165) is 5.69 Å². The number of nitrogens with one attached hydrogen (secondary N) is 2. The Hall–Kier alpha value is -3.36. The van der Waals surface area contributed by atoms with Gasteiger partial charge in [0.05, 0.1) is 11.4 Å². The van der Waals surface area contributed by atoms with Gasteiger partial charge in [0.1, 0.15) is 12.1 Å². The number of hydrogen-bond acceptors (Lipinski definition) is 5. The number of halogens is 1. The van der Waals surface area contributed by atoms with Gasteiger partial charge in [0, 0.05) is 24.9 Å². The molecule has 24 heavy (non-hydrogen) atoms. The van der Waals surface area contributed by atoms with Gasteiger partial charge in [0.2, 0.25) is 0 Å². The van der Waals surface area contributed by atoms with E-state index >= 15 is 0 Å². The number of carbonyl (C=O) groups excluding carboxylic acids is 1. The summed E-state index contributed by atoms with van der Waals surface area (Å²) in [6.07, 6.45) is 3.65. The lowest BCUT2D eigenvalue weighted by atomic mass is 10.2. The SMILES string of the molecule is O=C(NCCc1ccccn1)Nc1cc(-n2cnnn2)ccc1F. The van der Waals surface area contributed by atoms with Crippen molar-refractivity contribution in [1.29, 1.82) is 0 Å². The average Bonchev–Trinajstić information content (AvgIpc) is 3.12. The topological polar surface area (TPSA) is 97.6 Å². The van der Waals surface area contributed by atoms with Crippen LogP contribution in [0.1, 0.15) is 5.69 Å². The fourth-order valence-electron chi connectivity index (χ4n) is 2.05. The number of benzene rings is 1. The molecule has 0 unspecified atom stereocenters. The van der Waals surface area contributed by atoms with Gasteiger partial charge in [-0.3, -0.25) is 4.98 Å². The molecule has 0 atom stereocenters. The monoisotopic (exact) mass is 327 g/mol. The fraction of sp³-hybridized carbons (Fsp3) is 0.133. The summed E-state index contributed by atoms with van der Waals surface area (Å²) >= 11 is 0. The third-order valence-corrected chi connectivity index (χ3v) is 3.20. The summed E-state index contributed by atoms with van der Waals surface area (Å²) in [4.78, 5) is 16.1. The van der Waals surface area contributed by atoms with Gasteiger partial charge in [-0.25, -0.2) is 13.9 Å². The van der Waals surface area contributed by atoms with Gasteiger partial charge in [-0.05, 0) is 40.8 Å². The Kier molecular flexibility index (Phi) is 4.70. The quantitative estimate of drug-likeness (QED) is 0.741. The molecule has 0 saturated carbocycles. The first-order valence-electron chi connectivity index (χ1n) is 7.20. The van der Waals surface area contributed by atoms with Crippen LogP contribution in [0.15, 0.2) is 48.9 Å². The summed E-state index contributed by atoms with van der Waals surface area (Å²) in [6, 6.07) is 9.26. The minimum absolute atomic E-state index is 0.0401. The molecule has 0 aliphatic heterocycles. The second-order valence-corrected chi connectivity index (χ2v) is 4.87. The van der Waals surface area contributed by atoms with Crippen molar-refractivity contribution in [1.82, 2.24) is 30.5 Å². The van der Waals surface area contributed by atoms with Gasteiger partial charge < -0.3 is 10.6 Å². The highest BCUT2D eigenvalue weighted by atomic mass is 19.1. The summed E-state index contributed by atoms with van der Waals surface area (Å²) in [5.74, 6) is -0.549. The number of aromatic nitrogens is 5. The number of anilines is 1. The highest BCUT2D eigenvalue weighted by Gasteiger charge is 2.09. The minimum atomic E-state index is -0.549. The van der Waals surface area contributed by atoms with Gasteiger partial charge in [-0.2, -0.15) is 0 Å². The Balaban J connectivity index is 1.59. The number of urea groups is 1. The maximum atomic E-state index is 13.8. The first-order valence-corrected chi connectivity index (χ1v) is 7.20. The fourth-order valence-corrected chi connectivity index (χ4v) is 2.05. The van der Waals surface area contributed by atoms with E-state index in [4.69, 9.17) is 0 Å².